The van der Waals surface area contributed by atoms with Crippen LogP contribution in [0.1, 0.15) is 39.5 Å². The van der Waals surface area contributed by atoms with Crippen LogP contribution in [0.5, 0.6) is 0 Å². The maximum atomic E-state index is 5.96. The van der Waals surface area contributed by atoms with Crippen LogP contribution < -0.4 is 5.73 Å². The Morgan fingerprint density at radius 3 is 2.61 bits per heavy atom. The minimum absolute atomic E-state index is 0. The molecular formula is C13H28IN3O. The van der Waals surface area contributed by atoms with Gasteiger partial charge in [-0.15, -0.1) is 24.0 Å². The van der Waals surface area contributed by atoms with Gasteiger partial charge in [-0.05, 0) is 25.2 Å². The topological polar surface area (TPSA) is 50.9 Å². The zero-order valence-electron chi connectivity index (χ0n) is 11.7. The van der Waals surface area contributed by atoms with Gasteiger partial charge in [-0.1, -0.05) is 20.3 Å². The minimum atomic E-state index is 0. The highest BCUT2D eigenvalue weighted by atomic mass is 127. The molecule has 5 heteroatoms. The van der Waals surface area contributed by atoms with Crippen LogP contribution in [0.15, 0.2) is 4.99 Å². The number of hydrogen-bond acceptors (Lipinski definition) is 2. The summed E-state index contributed by atoms with van der Waals surface area (Å²) in [5, 5.41) is 0. The van der Waals surface area contributed by atoms with Crippen LogP contribution in [0.3, 0.4) is 0 Å². The van der Waals surface area contributed by atoms with Gasteiger partial charge in [0.1, 0.15) is 0 Å². The van der Waals surface area contributed by atoms with Gasteiger partial charge < -0.3 is 15.4 Å². The Labute approximate surface area is 128 Å². The van der Waals surface area contributed by atoms with Crippen LogP contribution in [0, 0.1) is 5.92 Å². The van der Waals surface area contributed by atoms with Crippen LogP contribution >= 0.6 is 24.0 Å². The summed E-state index contributed by atoms with van der Waals surface area (Å²) in [6.45, 7) is 8.77. The molecule has 1 aliphatic rings. The van der Waals surface area contributed by atoms with E-state index in [2.05, 4.69) is 23.7 Å². The van der Waals surface area contributed by atoms with Crippen molar-refractivity contribution in [1.82, 2.24) is 4.90 Å². The molecule has 0 radical (unpaired) electrons. The van der Waals surface area contributed by atoms with Gasteiger partial charge in [0.05, 0.1) is 13.2 Å². The first-order valence-corrected chi connectivity index (χ1v) is 6.86. The van der Waals surface area contributed by atoms with Crippen molar-refractivity contribution in [2.75, 3.05) is 32.8 Å². The summed E-state index contributed by atoms with van der Waals surface area (Å²) >= 11 is 0. The molecule has 108 valence electrons. The summed E-state index contributed by atoms with van der Waals surface area (Å²) in [4.78, 5) is 6.55. The molecule has 1 saturated heterocycles. The number of guanidine groups is 1. The monoisotopic (exact) mass is 369 g/mol. The van der Waals surface area contributed by atoms with Crippen LogP contribution in [-0.2, 0) is 4.74 Å². The second-order valence-corrected chi connectivity index (χ2v) is 4.88. The van der Waals surface area contributed by atoms with Crippen molar-refractivity contribution in [2.24, 2.45) is 16.6 Å². The largest absolute Gasteiger partial charge is 0.380 e. The third-order valence-corrected chi connectivity index (χ3v) is 3.26. The molecule has 0 aliphatic carbocycles. The average molecular weight is 369 g/mol. The molecule has 2 N–H and O–H groups in total. The highest BCUT2D eigenvalue weighted by Gasteiger charge is 2.16. The molecule has 0 spiro atoms. The number of halogens is 1. The van der Waals surface area contributed by atoms with Crippen molar-refractivity contribution in [3.63, 3.8) is 0 Å². The van der Waals surface area contributed by atoms with Crippen LogP contribution in [-0.4, -0.2) is 43.7 Å². The third-order valence-electron chi connectivity index (χ3n) is 3.26. The number of nitrogens with two attached hydrogens (primary N) is 1. The van der Waals surface area contributed by atoms with Crippen LogP contribution in [0.4, 0.5) is 0 Å². The van der Waals surface area contributed by atoms with Crippen molar-refractivity contribution in [1.29, 1.82) is 0 Å². The smallest absolute Gasteiger partial charge is 0.191 e. The van der Waals surface area contributed by atoms with Gasteiger partial charge in [-0.2, -0.15) is 0 Å². The van der Waals surface area contributed by atoms with E-state index in [1.54, 1.807) is 0 Å². The number of rotatable bonds is 6. The van der Waals surface area contributed by atoms with Gasteiger partial charge in [0, 0.05) is 19.7 Å². The van der Waals surface area contributed by atoms with E-state index < -0.39 is 0 Å². The zero-order chi connectivity index (χ0) is 12.5. The molecule has 0 saturated carbocycles. The summed E-state index contributed by atoms with van der Waals surface area (Å²) in [6.07, 6.45) is 4.76. The number of hydrogen-bond donors (Lipinski definition) is 1. The van der Waals surface area contributed by atoms with Crippen molar-refractivity contribution < 1.29 is 4.74 Å². The lowest BCUT2D eigenvalue weighted by atomic mass is 10.00. The van der Waals surface area contributed by atoms with Gasteiger partial charge in [-0.25, -0.2) is 0 Å². The van der Waals surface area contributed by atoms with Crippen molar-refractivity contribution in [3.05, 3.63) is 0 Å². The van der Waals surface area contributed by atoms with E-state index in [1.165, 1.54) is 19.3 Å². The van der Waals surface area contributed by atoms with Gasteiger partial charge in [0.25, 0.3) is 0 Å². The summed E-state index contributed by atoms with van der Waals surface area (Å²) in [6, 6.07) is 0. The van der Waals surface area contributed by atoms with Crippen LogP contribution in [0.25, 0.3) is 0 Å². The fourth-order valence-corrected chi connectivity index (χ4v) is 1.91. The highest BCUT2D eigenvalue weighted by Crippen LogP contribution is 2.15. The van der Waals surface area contributed by atoms with E-state index >= 15 is 0 Å². The van der Waals surface area contributed by atoms with Gasteiger partial charge in [-0.3, -0.25) is 4.99 Å². The molecule has 0 aromatic carbocycles. The van der Waals surface area contributed by atoms with E-state index in [-0.39, 0.29) is 24.0 Å². The third kappa shape index (κ3) is 7.41. The van der Waals surface area contributed by atoms with E-state index in [4.69, 9.17) is 10.5 Å². The number of unbranched alkanes of at least 4 members (excludes halogenated alkanes) is 1. The Morgan fingerprint density at radius 1 is 1.33 bits per heavy atom. The predicted octanol–water partition coefficient (Wildman–Crippen LogP) is 2.47. The predicted molar refractivity (Wildman–Crippen MR) is 87.6 cm³/mol. The second-order valence-electron chi connectivity index (χ2n) is 4.88. The Kier molecular flexibility index (Phi) is 10.8. The molecule has 0 bridgehead atoms. The van der Waals surface area contributed by atoms with Crippen molar-refractivity contribution in [3.8, 4) is 0 Å². The maximum Gasteiger partial charge on any atom is 0.191 e. The summed E-state index contributed by atoms with van der Waals surface area (Å²) in [5.74, 6) is 1.52. The standard InChI is InChI=1S/C13H27N3O.HI/c1-3-4-10-17-11-7-15-13(14)16-8-5-12(2)6-9-16;/h12H,3-11H2,1-2H3,(H2,14,15);1H. The first-order valence-electron chi connectivity index (χ1n) is 6.86. The Balaban J connectivity index is 0.00000289. The Hall–Kier alpha value is -0.0400. The Morgan fingerprint density at radius 2 is 2.00 bits per heavy atom. The van der Waals surface area contributed by atoms with Gasteiger partial charge >= 0.3 is 0 Å². The van der Waals surface area contributed by atoms with E-state index in [0.29, 0.717) is 19.1 Å². The lowest BCUT2D eigenvalue weighted by molar-refractivity contribution is 0.138. The zero-order valence-corrected chi connectivity index (χ0v) is 14.1. The number of likely N-dealkylation sites (tertiary alicyclic amines) is 1. The normalized spacial score (nSPS) is 17.7. The lowest BCUT2D eigenvalue weighted by Crippen LogP contribution is -2.42. The first kappa shape index (κ1) is 18.0. The number of aliphatic imine (C=N–C) groups is 1. The SMILES string of the molecule is CCCCOCCN=C(N)N1CCC(C)CC1.I. The number of piperidine rings is 1. The maximum absolute atomic E-state index is 5.96. The first-order chi connectivity index (χ1) is 8.24. The van der Waals surface area contributed by atoms with Crippen LogP contribution in [0.2, 0.25) is 0 Å². The molecule has 0 amide bonds. The molecule has 0 unspecified atom stereocenters. The molecule has 0 aromatic heterocycles. The van der Waals surface area contributed by atoms with E-state index in [9.17, 15) is 0 Å². The molecule has 4 nitrogen and oxygen atoms in total. The molecule has 1 aliphatic heterocycles. The quantitative estimate of drug-likeness (QED) is 0.339. The highest BCUT2D eigenvalue weighted by molar-refractivity contribution is 14.0. The molecule has 1 rings (SSSR count). The van der Waals surface area contributed by atoms with Crippen molar-refractivity contribution >= 4 is 29.9 Å². The fraction of sp³-hybridized carbons (Fsp3) is 0.923. The minimum Gasteiger partial charge on any atom is -0.380 e. The molecule has 18 heavy (non-hydrogen) atoms. The molecular weight excluding hydrogens is 341 g/mol. The lowest BCUT2D eigenvalue weighted by Gasteiger charge is -2.31. The van der Waals surface area contributed by atoms with E-state index in [0.717, 1.165) is 32.0 Å². The number of ether oxygens (including phenoxy) is 1. The molecule has 1 fully saturated rings. The average Bonchev–Trinajstić information content (AvgIpc) is 2.34. The van der Waals surface area contributed by atoms with Gasteiger partial charge in [0.15, 0.2) is 5.96 Å². The summed E-state index contributed by atoms with van der Waals surface area (Å²) in [7, 11) is 0. The van der Waals surface area contributed by atoms with Gasteiger partial charge in [0.2, 0.25) is 0 Å². The Bertz CT molecular complexity index is 228. The molecule has 1 heterocycles. The second kappa shape index (κ2) is 10.8. The molecule has 0 aromatic rings. The van der Waals surface area contributed by atoms with Crippen molar-refractivity contribution in [2.45, 2.75) is 39.5 Å². The molecule has 0 atom stereocenters. The van der Waals surface area contributed by atoms with E-state index in [1.807, 2.05) is 0 Å². The summed E-state index contributed by atoms with van der Waals surface area (Å²) in [5.41, 5.74) is 5.96. The number of nitrogens with zero attached hydrogens (tertiary/aromatic N) is 2. The summed E-state index contributed by atoms with van der Waals surface area (Å²) < 4.78 is 5.45. The fourth-order valence-electron chi connectivity index (χ4n) is 1.91.